The van der Waals surface area contributed by atoms with E-state index in [1.54, 1.807) is 18.2 Å². The average molecular weight is 352 g/mol. The molecule has 1 amide bonds. The van der Waals surface area contributed by atoms with Crippen LogP contribution >= 0.6 is 0 Å². The number of hydrogen-bond acceptors (Lipinski definition) is 5. The quantitative estimate of drug-likeness (QED) is 0.725. The smallest absolute Gasteiger partial charge is 0.344 e. The Kier molecular flexibility index (Phi) is 4.11. The second-order valence-corrected chi connectivity index (χ2v) is 6.84. The summed E-state index contributed by atoms with van der Waals surface area (Å²) in [6, 6.07) is 6.90. The number of nitrogens with zero attached hydrogens (tertiary/aromatic N) is 3. The Morgan fingerprint density at radius 1 is 1.23 bits per heavy atom. The average Bonchev–Trinajstić information content (AvgIpc) is 2.53. The molecule has 0 bridgehead atoms. The number of rotatable bonds is 2. The van der Waals surface area contributed by atoms with Gasteiger partial charge in [0, 0.05) is 5.54 Å². The Morgan fingerprint density at radius 3 is 2.58 bits per heavy atom. The molecule has 3 N–H and O–H groups in total. The van der Waals surface area contributed by atoms with Crippen molar-refractivity contribution in [2.45, 2.75) is 26.3 Å². The van der Waals surface area contributed by atoms with Gasteiger partial charge < -0.3 is 11.1 Å². The first kappa shape index (κ1) is 17.4. The molecule has 0 aliphatic heterocycles. The van der Waals surface area contributed by atoms with Crippen LogP contribution in [-0.4, -0.2) is 25.7 Å². The number of anilines is 1. The number of aromatic nitrogens is 3. The lowest BCUT2D eigenvalue weighted by Crippen LogP contribution is -2.43. The van der Waals surface area contributed by atoms with Gasteiger partial charge in [0.15, 0.2) is 0 Å². The van der Waals surface area contributed by atoms with E-state index in [9.17, 15) is 14.4 Å². The van der Waals surface area contributed by atoms with Gasteiger partial charge in [-0.25, -0.2) is 18.7 Å². The number of carbonyl (C=O) groups excluding carboxylic acids is 1. The Labute approximate surface area is 148 Å². The summed E-state index contributed by atoms with van der Waals surface area (Å²) in [7, 11) is 0. The number of para-hydroxylation sites is 1. The molecule has 26 heavy (non-hydrogen) atoms. The van der Waals surface area contributed by atoms with Gasteiger partial charge in [0.2, 0.25) is 0 Å². The Balaban J connectivity index is 2.33. The summed E-state index contributed by atoms with van der Waals surface area (Å²) in [5.74, 6) is 0. The molecule has 0 spiro atoms. The maximum Gasteiger partial charge on any atom is 0.344 e. The van der Waals surface area contributed by atoms with E-state index >= 15 is 0 Å². The van der Waals surface area contributed by atoms with Gasteiger partial charge in [0.1, 0.15) is 6.20 Å². The van der Waals surface area contributed by atoms with Crippen LogP contribution in [0.5, 0.6) is 0 Å². The molecule has 133 valence electrons. The predicted molar refractivity (Wildman–Crippen MR) is 98.8 cm³/mol. The van der Waals surface area contributed by atoms with Crippen LogP contribution in [0.15, 0.2) is 46.1 Å². The molecule has 0 atom stereocenters. The lowest BCUT2D eigenvalue weighted by molar-refractivity contribution is 0.250. The molecule has 0 aliphatic rings. The summed E-state index contributed by atoms with van der Waals surface area (Å²) in [6.07, 6.45) is 4.10. The fourth-order valence-corrected chi connectivity index (χ4v) is 2.68. The second kappa shape index (κ2) is 6.14. The van der Waals surface area contributed by atoms with Crippen molar-refractivity contribution in [1.82, 2.24) is 14.1 Å². The van der Waals surface area contributed by atoms with Gasteiger partial charge >= 0.3 is 11.7 Å². The zero-order valence-corrected chi connectivity index (χ0v) is 14.6. The SMILES string of the molecule is CC(C)(C)Nc1[c]ncc(-n2c(=O)c3ccccc3n(C(N)=O)c2=O)c1. The van der Waals surface area contributed by atoms with Gasteiger partial charge in [0.25, 0.3) is 5.56 Å². The normalized spacial score (nSPS) is 11.5. The molecule has 0 fully saturated rings. The van der Waals surface area contributed by atoms with Crippen molar-refractivity contribution in [3.05, 3.63) is 63.6 Å². The number of carbonyl (C=O) groups is 1. The van der Waals surface area contributed by atoms with E-state index in [1.165, 1.54) is 18.3 Å². The minimum absolute atomic E-state index is 0.162. The van der Waals surface area contributed by atoms with Crippen molar-refractivity contribution >= 4 is 22.6 Å². The monoisotopic (exact) mass is 352 g/mol. The van der Waals surface area contributed by atoms with Crippen LogP contribution in [0.3, 0.4) is 0 Å². The highest BCUT2D eigenvalue weighted by molar-refractivity contribution is 5.89. The van der Waals surface area contributed by atoms with Gasteiger partial charge in [0.05, 0.1) is 28.5 Å². The van der Waals surface area contributed by atoms with E-state index in [4.69, 9.17) is 5.73 Å². The van der Waals surface area contributed by atoms with E-state index in [0.717, 1.165) is 9.13 Å². The van der Waals surface area contributed by atoms with Gasteiger partial charge in [-0.05, 0) is 39.0 Å². The van der Waals surface area contributed by atoms with E-state index in [-0.39, 0.29) is 22.1 Å². The molecule has 0 saturated carbocycles. The summed E-state index contributed by atoms with van der Waals surface area (Å²) >= 11 is 0. The maximum absolute atomic E-state index is 12.9. The van der Waals surface area contributed by atoms with Crippen molar-refractivity contribution in [2.75, 3.05) is 5.32 Å². The molecule has 0 saturated heterocycles. The first-order valence-corrected chi connectivity index (χ1v) is 7.92. The summed E-state index contributed by atoms with van der Waals surface area (Å²) < 4.78 is 1.64. The first-order chi connectivity index (χ1) is 12.2. The van der Waals surface area contributed by atoms with E-state index in [2.05, 4.69) is 16.5 Å². The van der Waals surface area contributed by atoms with Crippen LogP contribution in [0.25, 0.3) is 16.6 Å². The van der Waals surface area contributed by atoms with E-state index < -0.39 is 17.3 Å². The van der Waals surface area contributed by atoms with E-state index in [0.29, 0.717) is 5.69 Å². The molecule has 2 heterocycles. The van der Waals surface area contributed by atoms with Crippen LogP contribution in [0, 0.1) is 6.20 Å². The van der Waals surface area contributed by atoms with Crippen molar-refractivity contribution < 1.29 is 4.79 Å². The summed E-state index contributed by atoms with van der Waals surface area (Å²) in [5.41, 5.74) is 4.58. The third-order valence-electron chi connectivity index (χ3n) is 3.62. The Bertz CT molecular complexity index is 1120. The van der Waals surface area contributed by atoms with Crippen molar-refractivity contribution in [3.63, 3.8) is 0 Å². The van der Waals surface area contributed by atoms with Gasteiger partial charge in [-0.15, -0.1) is 0 Å². The number of primary amides is 1. The lowest BCUT2D eigenvalue weighted by Gasteiger charge is -2.22. The Morgan fingerprint density at radius 2 is 1.92 bits per heavy atom. The number of hydrogen-bond donors (Lipinski definition) is 2. The number of benzene rings is 1. The zero-order chi connectivity index (χ0) is 19.1. The molecule has 1 aromatic carbocycles. The first-order valence-electron chi connectivity index (χ1n) is 7.92. The highest BCUT2D eigenvalue weighted by Crippen LogP contribution is 2.16. The molecule has 3 rings (SSSR count). The zero-order valence-electron chi connectivity index (χ0n) is 14.6. The highest BCUT2D eigenvalue weighted by Gasteiger charge is 2.18. The minimum Gasteiger partial charge on any atom is -0.379 e. The van der Waals surface area contributed by atoms with Crippen molar-refractivity contribution in [3.8, 4) is 5.69 Å². The van der Waals surface area contributed by atoms with Gasteiger partial charge in [-0.2, -0.15) is 0 Å². The summed E-state index contributed by atoms with van der Waals surface area (Å²) in [5, 5.41) is 3.37. The van der Waals surface area contributed by atoms with Crippen molar-refractivity contribution in [2.24, 2.45) is 5.73 Å². The minimum atomic E-state index is -0.969. The van der Waals surface area contributed by atoms with Crippen LogP contribution in [-0.2, 0) is 0 Å². The molecule has 0 unspecified atom stereocenters. The number of pyridine rings is 1. The predicted octanol–water partition coefficient (Wildman–Crippen LogP) is 1.48. The van der Waals surface area contributed by atoms with E-state index in [1.807, 2.05) is 20.8 Å². The fourth-order valence-electron chi connectivity index (χ4n) is 2.68. The molecular weight excluding hydrogens is 334 g/mol. The highest BCUT2D eigenvalue weighted by atomic mass is 16.2. The topological polar surface area (TPSA) is 112 Å². The van der Waals surface area contributed by atoms with Gasteiger partial charge in [-0.3, -0.25) is 9.78 Å². The maximum atomic E-state index is 12.9. The number of nitrogens with two attached hydrogens (primary N) is 1. The fraction of sp³-hybridized carbons (Fsp3) is 0.222. The number of fused-ring (bicyclic) bond motifs is 1. The molecule has 8 nitrogen and oxygen atoms in total. The standard InChI is InChI=1S/C18H18N5O3/c1-18(2,3)21-11-8-12(10-20-9-11)22-15(24)13-6-4-5-7-14(13)23(16(19)25)17(22)26/h4-8,10,21H,1-3H3,(H2,19,25). The summed E-state index contributed by atoms with van der Waals surface area (Å²) in [4.78, 5) is 41.5. The summed E-state index contributed by atoms with van der Waals surface area (Å²) in [6.45, 7) is 5.86. The van der Waals surface area contributed by atoms with Crippen LogP contribution in [0.1, 0.15) is 20.8 Å². The molecule has 2 aromatic heterocycles. The third kappa shape index (κ3) is 3.08. The largest absolute Gasteiger partial charge is 0.379 e. The second-order valence-electron chi connectivity index (χ2n) is 6.84. The number of nitrogens with one attached hydrogen (secondary N) is 1. The van der Waals surface area contributed by atoms with Crippen LogP contribution in [0.4, 0.5) is 10.5 Å². The van der Waals surface area contributed by atoms with Crippen molar-refractivity contribution in [1.29, 1.82) is 0 Å². The van der Waals surface area contributed by atoms with Crippen LogP contribution < -0.4 is 22.3 Å². The Hall–Kier alpha value is -3.42. The van der Waals surface area contributed by atoms with Crippen LogP contribution in [0.2, 0.25) is 0 Å². The molecule has 0 aliphatic carbocycles. The van der Waals surface area contributed by atoms with Gasteiger partial charge in [-0.1, -0.05) is 12.1 Å². The molecule has 3 aromatic rings. The lowest BCUT2D eigenvalue weighted by atomic mass is 10.1. The molecular formula is C18H18N5O3. The third-order valence-corrected chi connectivity index (χ3v) is 3.62. The number of amides is 1. The molecule has 8 heteroatoms. The molecule has 1 radical (unpaired) electrons.